The molecule has 2 rings (SSSR count). The van der Waals surface area contributed by atoms with E-state index in [1.165, 1.54) is 23.5 Å². The van der Waals surface area contributed by atoms with Crippen molar-refractivity contribution >= 4 is 63.4 Å². The predicted molar refractivity (Wildman–Crippen MR) is 157 cm³/mol. The van der Waals surface area contributed by atoms with Gasteiger partial charge in [-0.25, -0.2) is 4.79 Å². The Balaban J connectivity index is 1.84. The van der Waals surface area contributed by atoms with Crippen LogP contribution in [0, 0.1) is 5.92 Å². The minimum absolute atomic E-state index is 0.134. The number of alkyl carbamates (subject to hydrolysis) is 1. The first-order valence-corrected chi connectivity index (χ1v) is 17.1. The molecule has 43 heavy (non-hydrogen) atoms. The molecule has 3 amide bonds. The number of nitrogens with zero attached hydrogens (tertiary/aromatic N) is 1. The highest BCUT2D eigenvalue weighted by molar-refractivity contribution is 7.70. The third-order valence-electron chi connectivity index (χ3n) is 5.89. The molecule has 0 saturated carbocycles. The zero-order chi connectivity index (χ0) is 32.4. The van der Waals surface area contributed by atoms with Crippen molar-refractivity contribution in [2.24, 2.45) is 5.92 Å². The van der Waals surface area contributed by atoms with Crippen molar-refractivity contribution in [1.29, 1.82) is 0 Å². The van der Waals surface area contributed by atoms with Gasteiger partial charge in [0, 0.05) is 37.9 Å². The van der Waals surface area contributed by atoms with Crippen molar-refractivity contribution < 1.29 is 57.1 Å². The molecule has 1 aromatic carbocycles. The monoisotopic (exact) mass is 690 g/mol. The van der Waals surface area contributed by atoms with E-state index < -0.39 is 51.7 Å². The van der Waals surface area contributed by atoms with Crippen molar-refractivity contribution in [3.8, 4) is 0 Å². The van der Waals surface area contributed by atoms with Gasteiger partial charge in [-0.3, -0.25) is 28.9 Å². The van der Waals surface area contributed by atoms with Crippen LogP contribution in [-0.2, 0) is 28.0 Å². The fourth-order valence-corrected chi connectivity index (χ4v) is 6.41. The van der Waals surface area contributed by atoms with Gasteiger partial charge in [0.1, 0.15) is 6.61 Å². The van der Waals surface area contributed by atoms with E-state index in [1.807, 2.05) is 13.8 Å². The van der Waals surface area contributed by atoms with E-state index in [1.54, 1.807) is 4.90 Å². The Bertz CT molecular complexity index is 1190. The van der Waals surface area contributed by atoms with Gasteiger partial charge in [-0.1, -0.05) is 37.0 Å². The van der Waals surface area contributed by atoms with Crippen molar-refractivity contribution in [2.75, 3.05) is 46.0 Å². The summed E-state index contributed by atoms with van der Waals surface area (Å²) in [7, 11) is -11.5. The van der Waals surface area contributed by atoms with Gasteiger partial charge in [0.25, 0.3) is 5.91 Å². The molecule has 0 aliphatic carbocycles. The lowest BCUT2D eigenvalue weighted by molar-refractivity contribution is -0.120. The van der Waals surface area contributed by atoms with Gasteiger partial charge in [0.2, 0.25) is 11.4 Å². The normalized spacial score (nSPS) is 15.9. The van der Waals surface area contributed by atoms with E-state index >= 15 is 0 Å². The highest BCUT2D eigenvalue weighted by Crippen LogP contribution is 2.58. The number of carbonyl (C=O) groups is 3. The van der Waals surface area contributed by atoms with Gasteiger partial charge in [0.05, 0.1) is 23.1 Å². The largest absolute Gasteiger partial charge is 0.480 e. The summed E-state index contributed by atoms with van der Waals surface area (Å²) in [5, 5.41) is 7.37. The van der Waals surface area contributed by atoms with Crippen LogP contribution in [0.1, 0.15) is 30.6 Å². The third-order valence-corrected chi connectivity index (χ3v) is 9.79. The molecular weight excluding hydrogens is 656 g/mol. The minimum Gasteiger partial charge on any atom is -0.448 e. The van der Waals surface area contributed by atoms with Crippen molar-refractivity contribution in [1.82, 2.24) is 20.9 Å². The molecule has 16 nitrogen and oxygen atoms in total. The van der Waals surface area contributed by atoms with Crippen LogP contribution in [0.2, 0.25) is 10.0 Å². The molecule has 1 atom stereocenters. The number of benzene rings is 1. The molecule has 0 spiro atoms. The molecule has 242 valence electrons. The van der Waals surface area contributed by atoms with E-state index in [0.717, 1.165) is 0 Å². The number of halogens is 2. The molecule has 7 N–H and O–H groups in total. The number of ether oxygens (including phenoxy) is 1. The first-order chi connectivity index (χ1) is 20.0. The number of hydrogen-bond donors (Lipinski definition) is 7. The van der Waals surface area contributed by atoms with Crippen LogP contribution in [-0.4, -0.2) is 107 Å². The summed E-state index contributed by atoms with van der Waals surface area (Å²) in [6.45, 7) is 4.58. The lowest BCUT2D eigenvalue weighted by atomic mass is 9.73. The molecule has 1 heterocycles. The highest BCUT2D eigenvalue weighted by Gasteiger charge is 2.45. The van der Waals surface area contributed by atoms with E-state index in [2.05, 4.69) is 10.6 Å². The second kappa shape index (κ2) is 17.1. The molecule has 1 saturated heterocycles. The molecule has 21 heteroatoms. The minimum atomic E-state index is -5.35. The summed E-state index contributed by atoms with van der Waals surface area (Å²) in [6.07, 6.45) is -0.892. The Kier molecular flexibility index (Phi) is 14.9. The Labute approximate surface area is 258 Å². The fourth-order valence-electron chi connectivity index (χ4n) is 3.92. The van der Waals surface area contributed by atoms with Crippen LogP contribution in [0.4, 0.5) is 4.79 Å². The lowest BCUT2D eigenvalue weighted by Gasteiger charge is -2.31. The second-order valence-corrected chi connectivity index (χ2v) is 14.5. The Morgan fingerprint density at radius 2 is 1.65 bits per heavy atom. The summed E-state index contributed by atoms with van der Waals surface area (Å²) < 4.78 is 39.1. The topological polar surface area (TPSA) is 233 Å². The summed E-state index contributed by atoms with van der Waals surface area (Å²) in [5.74, 6) is -1.40. The van der Waals surface area contributed by atoms with Gasteiger partial charge in [-0.2, -0.15) is 0 Å². The average molecular weight is 691 g/mol. The molecule has 0 radical (unpaired) electrons. The fraction of sp³-hybridized carbons (Fsp3) is 0.591. The standard InChI is InChI=1S/C22H35BCl2N4O12P2/c1-14(2)11-18(27-19(30)13-26-20(31)16-12-15(24)3-4-17(16)25)23-40-9-6-29(7-10-41-23)5-8-39-21(32)28-22(42(33,34)35)43(36,37)38/h3-4,12,14,18,22H,5-11,13H2,1-2H3,(H,26,31)(H,27,30)(H,28,32)(H2,33,34,35)(H2,36,37,38). The van der Waals surface area contributed by atoms with Crippen LogP contribution in [0.15, 0.2) is 18.2 Å². The van der Waals surface area contributed by atoms with E-state index in [-0.39, 0.29) is 49.4 Å². The Morgan fingerprint density at radius 3 is 2.21 bits per heavy atom. The van der Waals surface area contributed by atoms with Gasteiger partial charge in [-0.05, 0) is 30.5 Å². The van der Waals surface area contributed by atoms with Crippen molar-refractivity contribution in [2.45, 2.75) is 31.7 Å². The predicted octanol–water partition coefficient (Wildman–Crippen LogP) is 0.995. The number of amides is 3. The molecule has 1 aromatic rings. The van der Waals surface area contributed by atoms with Crippen LogP contribution >= 0.6 is 38.4 Å². The van der Waals surface area contributed by atoms with Crippen molar-refractivity contribution in [3.63, 3.8) is 0 Å². The smallest absolute Gasteiger partial charge is 0.448 e. The summed E-state index contributed by atoms with van der Waals surface area (Å²) in [5.41, 5.74) is -2.58. The summed E-state index contributed by atoms with van der Waals surface area (Å²) in [4.78, 5) is 75.1. The van der Waals surface area contributed by atoms with Crippen LogP contribution < -0.4 is 16.0 Å². The van der Waals surface area contributed by atoms with Crippen LogP contribution in [0.3, 0.4) is 0 Å². The molecule has 1 unspecified atom stereocenters. The quantitative estimate of drug-likeness (QED) is 0.113. The van der Waals surface area contributed by atoms with Gasteiger partial charge in [-0.15, -0.1) is 0 Å². The number of rotatable bonds is 13. The zero-order valence-electron chi connectivity index (χ0n) is 23.4. The Morgan fingerprint density at radius 1 is 1.05 bits per heavy atom. The SMILES string of the molecule is CC(C)CC(NC(=O)CNC(=O)c1cc(Cl)ccc1Cl)B1OCCN(CCOC(=O)NC(P(=O)(O)O)P(=O)(O)O)CCO1. The molecular formula is C22H35BCl2N4O12P2. The maximum atomic E-state index is 12.7. The molecule has 0 bridgehead atoms. The molecule has 1 fully saturated rings. The highest BCUT2D eigenvalue weighted by atomic mass is 35.5. The van der Waals surface area contributed by atoms with Crippen molar-refractivity contribution in [3.05, 3.63) is 33.8 Å². The molecule has 0 aromatic heterocycles. The van der Waals surface area contributed by atoms with E-state index in [4.69, 9.17) is 56.8 Å². The first-order valence-electron chi connectivity index (χ1n) is 13.0. The number of hydrogen-bond acceptors (Lipinski definition) is 9. The van der Waals surface area contributed by atoms with Gasteiger partial charge < -0.3 is 44.3 Å². The second-order valence-electron chi connectivity index (χ2n) is 9.89. The van der Waals surface area contributed by atoms with Gasteiger partial charge in [0.15, 0.2) is 0 Å². The van der Waals surface area contributed by atoms with E-state index in [0.29, 0.717) is 24.5 Å². The van der Waals surface area contributed by atoms with Gasteiger partial charge >= 0.3 is 28.4 Å². The maximum Gasteiger partial charge on any atom is 0.480 e. The van der Waals surface area contributed by atoms with Crippen LogP contribution in [0.25, 0.3) is 0 Å². The molecule has 1 aliphatic heterocycles. The van der Waals surface area contributed by atoms with Crippen LogP contribution in [0.5, 0.6) is 0 Å². The van der Waals surface area contributed by atoms with E-state index in [9.17, 15) is 23.5 Å². The maximum absolute atomic E-state index is 12.7. The number of carbonyl (C=O) groups excluding carboxylic acids is 3. The molecule has 1 aliphatic rings. The average Bonchev–Trinajstić information content (AvgIpc) is 2.86. The summed E-state index contributed by atoms with van der Waals surface area (Å²) >= 11 is 12.0. The zero-order valence-corrected chi connectivity index (χ0v) is 26.7. The first kappa shape index (κ1) is 37.4. The lowest BCUT2D eigenvalue weighted by Crippen LogP contribution is -2.54. The number of nitrogens with one attached hydrogen (secondary N) is 3. The summed E-state index contributed by atoms with van der Waals surface area (Å²) in [6, 6.07) is 4.41. The Hall–Kier alpha value is -1.75. The third kappa shape index (κ3) is 13.4.